The van der Waals surface area contributed by atoms with Gasteiger partial charge >= 0.3 is 0 Å². The van der Waals surface area contributed by atoms with E-state index in [4.69, 9.17) is 9.47 Å². The number of rotatable bonds is 6. The van der Waals surface area contributed by atoms with Crippen molar-refractivity contribution in [1.29, 1.82) is 0 Å². The lowest BCUT2D eigenvalue weighted by Crippen LogP contribution is -2.04. The lowest BCUT2D eigenvalue weighted by molar-refractivity contribution is 0.389. The van der Waals surface area contributed by atoms with Crippen molar-refractivity contribution in [3.8, 4) is 11.6 Å². The van der Waals surface area contributed by atoms with Crippen LogP contribution in [0.3, 0.4) is 0 Å². The SMILES string of the molecule is COc1ccncc1C(C)Cc1cnc(OC)c(C(C)C)c1. The van der Waals surface area contributed by atoms with Crippen molar-refractivity contribution in [2.75, 3.05) is 14.2 Å². The van der Waals surface area contributed by atoms with Gasteiger partial charge in [-0.1, -0.05) is 20.8 Å². The Bertz CT molecular complexity index is 626. The zero-order valence-corrected chi connectivity index (χ0v) is 14.0. The maximum absolute atomic E-state index is 5.43. The summed E-state index contributed by atoms with van der Waals surface area (Å²) in [6.45, 7) is 6.48. The summed E-state index contributed by atoms with van der Waals surface area (Å²) < 4.78 is 10.8. The highest BCUT2D eigenvalue weighted by molar-refractivity contribution is 5.36. The number of methoxy groups -OCH3 is 2. The van der Waals surface area contributed by atoms with E-state index in [0.29, 0.717) is 17.7 Å². The Morgan fingerprint density at radius 2 is 1.82 bits per heavy atom. The van der Waals surface area contributed by atoms with Gasteiger partial charge in [0.2, 0.25) is 5.88 Å². The zero-order chi connectivity index (χ0) is 16.1. The molecule has 2 aromatic rings. The van der Waals surface area contributed by atoms with Gasteiger partial charge in [-0.3, -0.25) is 4.98 Å². The van der Waals surface area contributed by atoms with Gasteiger partial charge in [0.1, 0.15) is 5.75 Å². The Labute approximate surface area is 132 Å². The monoisotopic (exact) mass is 300 g/mol. The highest BCUT2D eigenvalue weighted by atomic mass is 16.5. The smallest absolute Gasteiger partial charge is 0.216 e. The van der Waals surface area contributed by atoms with Crippen molar-refractivity contribution in [3.63, 3.8) is 0 Å². The Morgan fingerprint density at radius 1 is 1.05 bits per heavy atom. The second-order valence-corrected chi connectivity index (χ2v) is 5.82. The van der Waals surface area contributed by atoms with Gasteiger partial charge in [-0.25, -0.2) is 4.98 Å². The minimum Gasteiger partial charge on any atom is -0.496 e. The van der Waals surface area contributed by atoms with Gasteiger partial charge in [0.05, 0.1) is 14.2 Å². The summed E-state index contributed by atoms with van der Waals surface area (Å²) in [6, 6.07) is 4.09. The highest BCUT2D eigenvalue weighted by Gasteiger charge is 2.15. The normalized spacial score (nSPS) is 12.3. The minimum absolute atomic E-state index is 0.304. The highest BCUT2D eigenvalue weighted by Crippen LogP contribution is 2.30. The fourth-order valence-corrected chi connectivity index (χ4v) is 2.62. The molecule has 0 aromatic carbocycles. The van der Waals surface area contributed by atoms with Crippen molar-refractivity contribution in [2.24, 2.45) is 0 Å². The molecule has 0 amide bonds. The average molecular weight is 300 g/mol. The predicted molar refractivity (Wildman–Crippen MR) is 87.8 cm³/mol. The number of aromatic nitrogens is 2. The number of hydrogen-bond acceptors (Lipinski definition) is 4. The van der Waals surface area contributed by atoms with Crippen LogP contribution >= 0.6 is 0 Å². The molecule has 2 heterocycles. The van der Waals surface area contributed by atoms with Gasteiger partial charge in [-0.2, -0.15) is 0 Å². The summed E-state index contributed by atoms with van der Waals surface area (Å²) in [5, 5.41) is 0. The third kappa shape index (κ3) is 3.56. The summed E-state index contributed by atoms with van der Waals surface area (Å²) in [4.78, 5) is 8.65. The van der Waals surface area contributed by atoms with Crippen molar-refractivity contribution in [3.05, 3.63) is 47.4 Å². The molecule has 1 atom stereocenters. The fraction of sp³-hybridized carbons (Fsp3) is 0.444. The van der Waals surface area contributed by atoms with Crippen LogP contribution < -0.4 is 9.47 Å². The molecule has 0 fully saturated rings. The molecule has 4 nitrogen and oxygen atoms in total. The van der Waals surface area contributed by atoms with Crippen LogP contribution in [0, 0.1) is 0 Å². The number of pyridine rings is 2. The molecule has 2 aromatic heterocycles. The molecular formula is C18H24N2O2. The first-order chi connectivity index (χ1) is 10.6. The standard InChI is InChI=1S/C18H24N2O2/c1-12(2)15-9-14(10-20-18(15)22-5)8-13(3)16-11-19-7-6-17(16)21-4/h6-7,9-13H,8H2,1-5H3. The molecule has 118 valence electrons. The number of hydrogen-bond donors (Lipinski definition) is 0. The first-order valence-corrected chi connectivity index (χ1v) is 7.57. The van der Waals surface area contributed by atoms with Crippen molar-refractivity contribution in [1.82, 2.24) is 9.97 Å². The van der Waals surface area contributed by atoms with Crippen LogP contribution in [0.2, 0.25) is 0 Å². The second-order valence-electron chi connectivity index (χ2n) is 5.82. The molecule has 0 saturated carbocycles. The van der Waals surface area contributed by atoms with Crippen LogP contribution in [0.1, 0.15) is 49.3 Å². The van der Waals surface area contributed by atoms with Gasteiger partial charge in [-0.15, -0.1) is 0 Å². The molecule has 2 rings (SSSR count). The molecule has 0 aliphatic carbocycles. The van der Waals surface area contributed by atoms with E-state index in [0.717, 1.165) is 23.3 Å². The quantitative estimate of drug-likeness (QED) is 0.810. The summed E-state index contributed by atoms with van der Waals surface area (Å²) >= 11 is 0. The van der Waals surface area contributed by atoms with E-state index < -0.39 is 0 Å². The predicted octanol–water partition coefficient (Wildman–Crippen LogP) is 3.96. The van der Waals surface area contributed by atoms with Crippen LogP contribution in [-0.2, 0) is 6.42 Å². The van der Waals surface area contributed by atoms with Crippen LogP contribution in [0.4, 0.5) is 0 Å². The molecule has 0 N–H and O–H groups in total. The molecule has 4 heteroatoms. The molecule has 0 bridgehead atoms. The molecule has 0 saturated heterocycles. The van der Waals surface area contributed by atoms with E-state index in [9.17, 15) is 0 Å². The largest absolute Gasteiger partial charge is 0.496 e. The summed E-state index contributed by atoms with van der Waals surface area (Å²) in [6.07, 6.45) is 6.41. The first kappa shape index (κ1) is 16.3. The van der Waals surface area contributed by atoms with Gasteiger partial charge < -0.3 is 9.47 Å². The Kier molecular flexibility index (Phi) is 5.36. The van der Waals surface area contributed by atoms with Gasteiger partial charge in [0, 0.05) is 29.7 Å². The van der Waals surface area contributed by atoms with Gasteiger partial charge in [0.15, 0.2) is 0 Å². The molecule has 0 spiro atoms. The average Bonchev–Trinajstić information content (AvgIpc) is 2.54. The molecule has 0 radical (unpaired) electrons. The third-order valence-corrected chi connectivity index (χ3v) is 3.85. The van der Waals surface area contributed by atoms with E-state index in [1.54, 1.807) is 20.4 Å². The van der Waals surface area contributed by atoms with Crippen molar-refractivity contribution in [2.45, 2.75) is 39.0 Å². The lowest BCUT2D eigenvalue weighted by atomic mass is 9.93. The van der Waals surface area contributed by atoms with Gasteiger partial charge in [0.25, 0.3) is 0 Å². The Balaban J connectivity index is 2.25. The third-order valence-electron chi connectivity index (χ3n) is 3.85. The summed E-state index contributed by atoms with van der Waals surface area (Å²) in [5.41, 5.74) is 3.46. The van der Waals surface area contributed by atoms with E-state index >= 15 is 0 Å². The Hall–Kier alpha value is -2.10. The maximum atomic E-state index is 5.43. The summed E-state index contributed by atoms with van der Waals surface area (Å²) in [5.74, 6) is 2.28. The van der Waals surface area contributed by atoms with Crippen LogP contribution in [-0.4, -0.2) is 24.2 Å². The fourth-order valence-electron chi connectivity index (χ4n) is 2.62. The van der Waals surface area contributed by atoms with Crippen molar-refractivity contribution >= 4 is 0 Å². The van der Waals surface area contributed by atoms with Gasteiger partial charge in [-0.05, 0) is 36.0 Å². The molecule has 1 unspecified atom stereocenters. The topological polar surface area (TPSA) is 44.2 Å². The molecule has 22 heavy (non-hydrogen) atoms. The molecular weight excluding hydrogens is 276 g/mol. The van der Waals surface area contributed by atoms with Crippen molar-refractivity contribution < 1.29 is 9.47 Å². The van der Waals surface area contributed by atoms with E-state index in [2.05, 4.69) is 36.8 Å². The molecule has 0 aliphatic heterocycles. The lowest BCUT2D eigenvalue weighted by Gasteiger charge is -2.17. The minimum atomic E-state index is 0.304. The van der Waals surface area contributed by atoms with Crippen LogP contribution in [0.15, 0.2) is 30.7 Å². The van der Waals surface area contributed by atoms with Crippen LogP contribution in [0.25, 0.3) is 0 Å². The number of nitrogens with zero attached hydrogens (tertiary/aromatic N) is 2. The summed E-state index contributed by atoms with van der Waals surface area (Å²) in [7, 11) is 3.36. The first-order valence-electron chi connectivity index (χ1n) is 7.57. The molecule has 0 aliphatic rings. The number of ether oxygens (including phenoxy) is 2. The van der Waals surface area contributed by atoms with E-state index in [1.807, 2.05) is 18.5 Å². The maximum Gasteiger partial charge on any atom is 0.216 e. The second kappa shape index (κ2) is 7.25. The van der Waals surface area contributed by atoms with E-state index in [1.165, 1.54) is 5.56 Å². The Morgan fingerprint density at radius 3 is 2.45 bits per heavy atom. The zero-order valence-electron chi connectivity index (χ0n) is 14.0. The van der Waals surface area contributed by atoms with E-state index in [-0.39, 0.29) is 0 Å². The van der Waals surface area contributed by atoms with Crippen LogP contribution in [0.5, 0.6) is 11.6 Å².